The van der Waals surface area contributed by atoms with Gasteiger partial charge in [0, 0.05) is 0 Å². The highest BCUT2D eigenvalue weighted by molar-refractivity contribution is 5.92. The molecule has 0 fully saturated rings. The Bertz CT molecular complexity index is 1150. The highest BCUT2D eigenvalue weighted by Gasteiger charge is 2.42. The van der Waals surface area contributed by atoms with Gasteiger partial charge in [-0.15, -0.1) is 0 Å². The number of carbonyl (C=O) groups is 4. The molecule has 0 bridgehead atoms. The summed E-state index contributed by atoms with van der Waals surface area (Å²) in [5.41, 5.74) is 3.91. The third-order valence-corrected chi connectivity index (χ3v) is 7.28. The molecule has 2 aliphatic carbocycles. The Morgan fingerprint density at radius 2 is 1.00 bits per heavy atom. The van der Waals surface area contributed by atoms with E-state index in [2.05, 4.69) is 0 Å². The van der Waals surface area contributed by atoms with Crippen LogP contribution in [0.1, 0.15) is 22.3 Å². The molecule has 0 heterocycles. The molecule has 0 radical (unpaired) electrons. The van der Waals surface area contributed by atoms with Gasteiger partial charge in [0.25, 0.3) is 0 Å². The van der Waals surface area contributed by atoms with Crippen LogP contribution in [0, 0.1) is 23.7 Å². The first-order valence-electron chi connectivity index (χ1n) is 11.2. The SMILES string of the molecule is COC(=O)C1Cc2cc3ccc4c(c3cc2CC1C(=O)OC)CC(C(=O)OC)C(C(=O)OC)C4. The zero-order valence-electron chi connectivity index (χ0n) is 19.7. The minimum absolute atomic E-state index is 0.350. The van der Waals surface area contributed by atoms with Gasteiger partial charge in [0.05, 0.1) is 52.1 Å². The molecule has 0 aliphatic heterocycles. The van der Waals surface area contributed by atoms with Gasteiger partial charge in [0.1, 0.15) is 0 Å². The molecule has 0 spiro atoms. The quantitative estimate of drug-likeness (QED) is 0.497. The van der Waals surface area contributed by atoms with Gasteiger partial charge in [-0.3, -0.25) is 19.2 Å². The number of benzene rings is 2. The Kier molecular flexibility index (Phi) is 6.59. The van der Waals surface area contributed by atoms with Crippen molar-refractivity contribution in [3.8, 4) is 0 Å². The second-order valence-corrected chi connectivity index (χ2v) is 8.88. The van der Waals surface area contributed by atoms with Gasteiger partial charge >= 0.3 is 23.9 Å². The molecule has 4 atom stereocenters. The van der Waals surface area contributed by atoms with E-state index in [-0.39, 0.29) is 0 Å². The normalized spacial score (nSPS) is 23.3. The van der Waals surface area contributed by atoms with Gasteiger partial charge in [-0.1, -0.05) is 24.3 Å². The highest BCUT2D eigenvalue weighted by atomic mass is 16.5. The minimum Gasteiger partial charge on any atom is -0.469 e. The van der Waals surface area contributed by atoms with Crippen LogP contribution in [-0.4, -0.2) is 52.3 Å². The van der Waals surface area contributed by atoms with Crippen molar-refractivity contribution in [2.24, 2.45) is 23.7 Å². The van der Waals surface area contributed by atoms with Gasteiger partial charge in [-0.25, -0.2) is 0 Å². The topological polar surface area (TPSA) is 105 Å². The zero-order valence-corrected chi connectivity index (χ0v) is 19.7. The number of fused-ring (bicyclic) bond motifs is 4. The first-order chi connectivity index (χ1) is 16.3. The maximum Gasteiger partial charge on any atom is 0.309 e. The zero-order chi connectivity index (χ0) is 24.6. The molecular formula is C26H28O8. The molecule has 2 aromatic rings. The van der Waals surface area contributed by atoms with Crippen molar-refractivity contribution < 1.29 is 38.1 Å². The fourth-order valence-corrected chi connectivity index (χ4v) is 5.48. The second-order valence-electron chi connectivity index (χ2n) is 8.88. The molecule has 4 rings (SSSR count). The number of methoxy groups -OCH3 is 4. The predicted octanol–water partition coefficient (Wildman–Crippen LogP) is 2.19. The van der Waals surface area contributed by atoms with E-state index in [4.69, 9.17) is 18.9 Å². The van der Waals surface area contributed by atoms with Gasteiger partial charge in [0.15, 0.2) is 0 Å². The summed E-state index contributed by atoms with van der Waals surface area (Å²) < 4.78 is 19.8. The summed E-state index contributed by atoms with van der Waals surface area (Å²) in [7, 11) is 5.26. The lowest BCUT2D eigenvalue weighted by molar-refractivity contribution is -0.158. The predicted molar refractivity (Wildman–Crippen MR) is 121 cm³/mol. The second kappa shape index (κ2) is 9.44. The van der Waals surface area contributed by atoms with E-state index in [1.165, 1.54) is 28.4 Å². The monoisotopic (exact) mass is 468 g/mol. The fourth-order valence-electron chi connectivity index (χ4n) is 5.48. The number of hydrogen-bond donors (Lipinski definition) is 0. The van der Waals surface area contributed by atoms with Crippen LogP contribution in [0.2, 0.25) is 0 Å². The Labute approximate surface area is 197 Å². The molecule has 0 N–H and O–H groups in total. The van der Waals surface area contributed by atoms with Crippen LogP contribution >= 0.6 is 0 Å². The van der Waals surface area contributed by atoms with Crippen LogP contribution in [0.3, 0.4) is 0 Å². The molecule has 180 valence electrons. The van der Waals surface area contributed by atoms with Crippen molar-refractivity contribution >= 4 is 34.6 Å². The van der Waals surface area contributed by atoms with Crippen LogP contribution in [0.5, 0.6) is 0 Å². The lowest BCUT2D eigenvalue weighted by Gasteiger charge is -2.32. The lowest BCUT2D eigenvalue weighted by atomic mass is 9.72. The van der Waals surface area contributed by atoms with Gasteiger partial charge in [0.2, 0.25) is 0 Å². The van der Waals surface area contributed by atoms with E-state index in [1.807, 2.05) is 24.3 Å². The summed E-state index contributed by atoms with van der Waals surface area (Å²) in [5, 5.41) is 1.94. The fraction of sp³-hybridized carbons (Fsp3) is 0.462. The van der Waals surface area contributed by atoms with Gasteiger partial charge in [-0.2, -0.15) is 0 Å². The average Bonchev–Trinajstić information content (AvgIpc) is 2.88. The molecule has 2 aliphatic rings. The van der Waals surface area contributed by atoms with Crippen LogP contribution in [0.15, 0.2) is 24.3 Å². The number of hydrogen-bond acceptors (Lipinski definition) is 8. The van der Waals surface area contributed by atoms with Crippen molar-refractivity contribution in [3.63, 3.8) is 0 Å². The summed E-state index contributed by atoms with van der Waals surface area (Å²) in [6, 6.07) is 8.04. The first kappa shape index (κ1) is 23.7. The number of ether oxygens (including phenoxy) is 4. The van der Waals surface area contributed by atoms with Crippen molar-refractivity contribution in [3.05, 3.63) is 46.5 Å². The largest absolute Gasteiger partial charge is 0.469 e. The number of rotatable bonds is 4. The molecule has 0 aromatic heterocycles. The maximum absolute atomic E-state index is 12.5. The van der Waals surface area contributed by atoms with E-state index < -0.39 is 47.5 Å². The first-order valence-corrected chi connectivity index (χ1v) is 11.2. The maximum atomic E-state index is 12.5. The van der Waals surface area contributed by atoms with Gasteiger partial charge in [-0.05, 0) is 58.7 Å². The summed E-state index contributed by atoms with van der Waals surface area (Å²) in [6.07, 6.45) is 1.46. The van der Waals surface area contributed by atoms with Crippen LogP contribution < -0.4 is 0 Å². The highest BCUT2D eigenvalue weighted by Crippen LogP contribution is 2.40. The molecule has 8 heteroatoms. The lowest BCUT2D eigenvalue weighted by Crippen LogP contribution is -2.38. The molecular weight excluding hydrogens is 440 g/mol. The van der Waals surface area contributed by atoms with E-state index in [0.717, 1.165) is 33.0 Å². The van der Waals surface area contributed by atoms with E-state index >= 15 is 0 Å². The van der Waals surface area contributed by atoms with Crippen LogP contribution in [-0.2, 0) is 63.8 Å². The molecule has 0 saturated carbocycles. The summed E-state index contributed by atoms with van der Waals surface area (Å²) in [5.74, 6) is -4.23. The summed E-state index contributed by atoms with van der Waals surface area (Å²) in [6.45, 7) is 0. The standard InChI is InChI=1S/C26H28O8/c1-31-23(27)19-8-14-6-5-13-7-15-10-20(24(28)32-2)21(25(29)33-3)11-16(15)9-17(13)18(14)12-22(19)26(30)34-4/h5-7,9,19-22H,8,10-12H2,1-4H3. The van der Waals surface area contributed by atoms with Crippen molar-refractivity contribution in [1.29, 1.82) is 0 Å². The van der Waals surface area contributed by atoms with Crippen molar-refractivity contribution in [2.45, 2.75) is 25.7 Å². The van der Waals surface area contributed by atoms with Crippen molar-refractivity contribution in [1.82, 2.24) is 0 Å². The van der Waals surface area contributed by atoms with Crippen molar-refractivity contribution in [2.75, 3.05) is 28.4 Å². The smallest absolute Gasteiger partial charge is 0.309 e. The Morgan fingerprint density at radius 1 is 0.588 bits per heavy atom. The molecule has 34 heavy (non-hydrogen) atoms. The average molecular weight is 469 g/mol. The van der Waals surface area contributed by atoms with E-state index in [1.54, 1.807) is 0 Å². The molecule has 0 saturated heterocycles. The Morgan fingerprint density at radius 3 is 1.47 bits per heavy atom. The van der Waals surface area contributed by atoms with E-state index in [0.29, 0.717) is 25.7 Å². The number of carbonyl (C=O) groups excluding carboxylic acids is 4. The van der Waals surface area contributed by atoms with Crippen LogP contribution in [0.25, 0.3) is 10.8 Å². The molecule has 4 unspecified atom stereocenters. The number of esters is 4. The Hall–Kier alpha value is -3.42. The molecule has 0 amide bonds. The summed E-state index contributed by atoms with van der Waals surface area (Å²) >= 11 is 0. The van der Waals surface area contributed by atoms with Crippen LogP contribution in [0.4, 0.5) is 0 Å². The third kappa shape index (κ3) is 4.02. The third-order valence-electron chi connectivity index (χ3n) is 7.28. The summed E-state index contributed by atoms with van der Waals surface area (Å²) in [4.78, 5) is 49.8. The molecule has 2 aromatic carbocycles. The minimum atomic E-state index is -0.641. The van der Waals surface area contributed by atoms with Gasteiger partial charge < -0.3 is 18.9 Å². The van der Waals surface area contributed by atoms with E-state index in [9.17, 15) is 19.2 Å². The Balaban J connectivity index is 1.80. The molecule has 8 nitrogen and oxygen atoms in total.